The SMILES string of the molecule is CCOCCS(=O)(=O)NC1C2CCC1Cc1ccccc1C2. The van der Waals surface area contributed by atoms with Gasteiger partial charge in [-0.15, -0.1) is 0 Å². The van der Waals surface area contributed by atoms with Crippen LogP contribution in [0, 0.1) is 11.8 Å². The first-order chi connectivity index (χ1) is 10.6. The molecule has 0 amide bonds. The first-order valence-electron chi connectivity index (χ1n) is 8.23. The zero-order chi connectivity index (χ0) is 15.6. The van der Waals surface area contributed by atoms with Gasteiger partial charge < -0.3 is 4.74 Å². The Morgan fingerprint density at radius 3 is 2.27 bits per heavy atom. The quantitative estimate of drug-likeness (QED) is 0.816. The summed E-state index contributed by atoms with van der Waals surface area (Å²) in [6.45, 7) is 2.70. The van der Waals surface area contributed by atoms with Crippen molar-refractivity contribution in [1.29, 1.82) is 0 Å². The van der Waals surface area contributed by atoms with E-state index in [-0.39, 0.29) is 18.4 Å². The van der Waals surface area contributed by atoms with E-state index in [1.807, 2.05) is 6.92 Å². The monoisotopic (exact) mass is 323 g/mol. The van der Waals surface area contributed by atoms with Crippen LogP contribution in [0.5, 0.6) is 0 Å². The van der Waals surface area contributed by atoms with Gasteiger partial charge in [0.05, 0.1) is 12.4 Å². The van der Waals surface area contributed by atoms with Crippen molar-refractivity contribution in [3.8, 4) is 0 Å². The summed E-state index contributed by atoms with van der Waals surface area (Å²) in [5.41, 5.74) is 2.79. The Bertz CT molecular complexity index is 581. The lowest BCUT2D eigenvalue weighted by Crippen LogP contribution is -2.43. The standard InChI is InChI=1S/C17H25NO3S/c1-2-21-9-10-22(19,20)18-17-15-7-8-16(17)12-14-6-4-3-5-13(14)11-15/h3-6,15-18H,2,7-12H2,1H3. The molecule has 2 aliphatic carbocycles. The molecule has 2 atom stereocenters. The predicted molar refractivity (Wildman–Crippen MR) is 87.3 cm³/mol. The molecule has 22 heavy (non-hydrogen) atoms. The topological polar surface area (TPSA) is 55.4 Å². The second kappa shape index (κ2) is 6.69. The number of hydrogen-bond acceptors (Lipinski definition) is 3. The number of benzene rings is 1. The Hall–Kier alpha value is -0.910. The Labute approximate surface area is 133 Å². The molecule has 4 nitrogen and oxygen atoms in total. The number of rotatable bonds is 6. The average Bonchev–Trinajstić information content (AvgIpc) is 2.74. The highest BCUT2D eigenvalue weighted by molar-refractivity contribution is 7.89. The van der Waals surface area contributed by atoms with Crippen molar-refractivity contribution >= 4 is 10.0 Å². The molecule has 1 aromatic rings. The molecule has 1 N–H and O–H groups in total. The van der Waals surface area contributed by atoms with Crippen LogP contribution in [0.4, 0.5) is 0 Å². The number of ether oxygens (including phenoxy) is 1. The largest absolute Gasteiger partial charge is 0.381 e. The molecular weight excluding hydrogens is 298 g/mol. The van der Waals surface area contributed by atoms with Crippen molar-refractivity contribution in [1.82, 2.24) is 4.72 Å². The van der Waals surface area contributed by atoms with E-state index in [9.17, 15) is 8.42 Å². The van der Waals surface area contributed by atoms with E-state index in [1.54, 1.807) is 0 Å². The summed E-state index contributed by atoms with van der Waals surface area (Å²) in [4.78, 5) is 0. The first-order valence-corrected chi connectivity index (χ1v) is 9.89. The molecule has 0 spiro atoms. The minimum Gasteiger partial charge on any atom is -0.381 e. The van der Waals surface area contributed by atoms with E-state index in [0.717, 1.165) is 25.7 Å². The van der Waals surface area contributed by atoms with Crippen molar-refractivity contribution in [2.24, 2.45) is 11.8 Å². The van der Waals surface area contributed by atoms with Crippen LogP contribution in [0.25, 0.3) is 0 Å². The lowest BCUT2D eigenvalue weighted by molar-refractivity contribution is 0.163. The molecule has 0 aromatic heterocycles. The van der Waals surface area contributed by atoms with Crippen LogP contribution in [0.1, 0.15) is 30.9 Å². The van der Waals surface area contributed by atoms with Crippen molar-refractivity contribution in [2.45, 2.75) is 38.6 Å². The molecule has 2 aliphatic rings. The van der Waals surface area contributed by atoms with E-state index in [1.165, 1.54) is 11.1 Å². The van der Waals surface area contributed by atoms with Crippen LogP contribution < -0.4 is 4.72 Å². The van der Waals surface area contributed by atoms with E-state index in [2.05, 4.69) is 29.0 Å². The summed E-state index contributed by atoms with van der Waals surface area (Å²) in [7, 11) is -3.26. The van der Waals surface area contributed by atoms with Gasteiger partial charge >= 0.3 is 0 Å². The second-order valence-electron chi connectivity index (χ2n) is 6.43. The van der Waals surface area contributed by atoms with Gasteiger partial charge in [0.15, 0.2) is 0 Å². The normalized spacial score (nSPS) is 27.4. The van der Waals surface area contributed by atoms with Gasteiger partial charge in [0, 0.05) is 12.6 Å². The van der Waals surface area contributed by atoms with Crippen LogP contribution in [-0.2, 0) is 27.6 Å². The van der Waals surface area contributed by atoms with Crippen LogP contribution >= 0.6 is 0 Å². The van der Waals surface area contributed by atoms with Gasteiger partial charge in [-0.05, 0) is 55.6 Å². The Balaban J connectivity index is 1.71. The van der Waals surface area contributed by atoms with E-state index in [0.29, 0.717) is 18.4 Å². The summed E-state index contributed by atoms with van der Waals surface area (Å²) in [5.74, 6) is 0.912. The zero-order valence-electron chi connectivity index (χ0n) is 13.1. The molecule has 0 heterocycles. The first kappa shape index (κ1) is 16.0. The maximum atomic E-state index is 12.3. The third-order valence-electron chi connectivity index (χ3n) is 5.02. The van der Waals surface area contributed by atoms with Gasteiger partial charge in [0.2, 0.25) is 10.0 Å². The van der Waals surface area contributed by atoms with Crippen LogP contribution in [0.15, 0.2) is 24.3 Å². The molecule has 0 saturated heterocycles. The average molecular weight is 323 g/mol. The molecule has 122 valence electrons. The van der Waals surface area contributed by atoms with Crippen LogP contribution in [-0.4, -0.2) is 33.4 Å². The van der Waals surface area contributed by atoms with E-state index in [4.69, 9.17) is 4.74 Å². The van der Waals surface area contributed by atoms with Crippen molar-refractivity contribution in [3.05, 3.63) is 35.4 Å². The maximum absolute atomic E-state index is 12.3. The fourth-order valence-electron chi connectivity index (χ4n) is 3.92. The molecule has 5 heteroatoms. The molecule has 1 fully saturated rings. The molecular formula is C17H25NO3S. The van der Waals surface area contributed by atoms with Gasteiger partial charge in [-0.25, -0.2) is 13.1 Å². The highest BCUT2D eigenvalue weighted by atomic mass is 32.2. The van der Waals surface area contributed by atoms with Gasteiger partial charge in [0.1, 0.15) is 0 Å². The highest BCUT2D eigenvalue weighted by Crippen LogP contribution is 2.40. The van der Waals surface area contributed by atoms with Gasteiger partial charge in [-0.2, -0.15) is 0 Å². The number of nitrogens with one attached hydrogen (secondary N) is 1. The maximum Gasteiger partial charge on any atom is 0.214 e. The lowest BCUT2D eigenvalue weighted by atomic mass is 9.94. The molecule has 1 saturated carbocycles. The van der Waals surface area contributed by atoms with Gasteiger partial charge in [-0.3, -0.25) is 0 Å². The fraction of sp³-hybridized carbons (Fsp3) is 0.647. The second-order valence-corrected chi connectivity index (χ2v) is 8.31. The molecule has 1 aromatic carbocycles. The minimum atomic E-state index is -3.26. The summed E-state index contributed by atoms with van der Waals surface area (Å²) in [6, 6.07) is 8.63. The molecule has 3 rings (SSSR count). The van der Waals surface area contributed by atoms with Gasteiger partial charge in [0.25, 0.3) is 0 Å². The van der Waals surface area contributed by atoms with Crippen molar-refractivity contribution < 1.29 is 13.2 Å². The van der Waals surface area contributed by atoms with Crippen molar-refractivity contribution in [3.63, 3.8) is 0 Å². The number of hydrogen-bond donors (Lipinski definition) is 1. The number of fused-ring (bicyclic) bond motifs is 3. The highest BCUT2D eigenvalue weighted by Gasteiger charge is 2.40. The summed E-state index contributed by atoms with van der Waals surface area (Å²) >= 11 is 0. The third kappa shape index (κ3) is 3.53. The fourth-order valence-corrected chi connectivity index (χ4v) is 5.18. The minimum absolute atomic E-state index is 0.0593. The number of sulfonamides is 1. The van der Waals surface area contributed by atoms with Crippen molar-refractivity contribution in [2.75, 3.05) is 19.0 Å². The van der Waals surface area contributed by atoms with Crippen LogP contribution in [0.2, 0.25) is 0 Å². The van der Waals surface area contributed by atoms with Gasteiger partial charge in [-0.1, -0.05) is 24.3 Å². The van der Waals surface area contributed by atoms with E-state index >= 15 is 0 Å². The molecule has 2 bridgehead atoms. The molecule has 0 radical (unpaired) electrons. The Morgan fingerprint density at radius 2 is 1.73 bits per heavy atom. The van der Waals surface area contributed by atoms with E-state index < -0.39 is 10.0 Å². The Kier molecular flexibility index (Phi) is 4.85. The third-order valence-corrected chi connectivity index (χ3v) is 6.36. The summed E-state index contributed by atoms with van der Waals surface area (Å²) < 4.78 is 32.7. The predicted octanol–water partition coefficient (Wildman–Crippen LogP) is 2.14. The summed E-state index contributed by atoms with van der Waals surface area (Å²) in [6.07, 6.45) is 4.23. The zero-order valence-corrected chi connectivity index (χ0v) is 13.9. The lowest BCUT2D eigenvalue weighted by Gasteiger charge is -2.23. The molecule has 0 aliphatic heterocycles. The smallest absolute Gasteiger partial charge is 0.214 e. The van der Waals surface area contributed by atoms with Crippen LogP contribution in [0.3, 0.4) is 0 Å². The summed E-state index contributed by atoms with van der Waals surface area (Å²) in [5, 5.41) is 0. The Morgan fingerprint density at radius 1 is 1.14 bits per heavy atom. The molecule has 2 unspecified atom stereocenters.